The summed E-state index contributed by atoms with van der Waals surface area (Å²) in [6.45, 7) is 0.293. The number of rotatable bonds is 3. The molecule has 138 valence electrons. The van der Waals surface area contributed by atoms with Crippen molar-refractivity contribution in [2.24, 2.45) is 5.92 Å². The van der Waals surface area contributed by atoms with Gasteiger partial charge in [0.25, 0.3) is 0 Å². The Bertz CT molecular complexity index is 834. The number of halogens is 4. The number of fused-ring (bicyclic) bond motifs is 2. The van der Waals surface area contributed by atoms with Crippen LogP contribution in [-0.4, -0.2) is 12.8 Å². The van der Waals surface area contributed by atoms with Gasteiger partial charge in [-0.25, -0.2) is 9.12 Å². The van der Waals surface area contributed by atoms with E-state index < -0.39 is 17.9 Å². The van der Waals surface area contributed by atoms with Gasteiger partial charge in [0, 0.05) is 5.56 Å². The molecular weight excluding hydrogens is 352 g/mol. The van der Waals surface area contributed by atoms with Gasteiger partial charge in [0.1, 0.15) is 11.7 Å². The van der Waals surface area contributed by atoms with Crippen molar-refractivity contribution in [1.29, 1.82) is 0 Å². The summed E-state index contributed by atoms with van der Waals surface area (Å²) in [5, 5.41) is 13.4. The van der Waals surface area contributed by atoms with Crippen LogP contribution in [0.5, 0.6) is 0 Å². The Kier molecular flexibility index (Phi) is 4.02. The maximum Gasteiger partial charge on any atom is 0.400 e. The van der Waals surface area contributed by atoms with Crippen molar-refractivity contribution in [2.75, 3.05) is 11.7 Å². The van der Waals surface area contributed by atoms with Gasteiger partial charge >= 0.3 is 12.0 Å². The highest BCUT2D eigenvalue weighted by Gasteiger charge is 2.52. The third-order valence-corrected chi connectivity index (χ3v) is 4.98. The topological polar surface area (TPSA) is 39.4 Å². The molecule has 1 aromatic carbocycles. The fourth-order valence-electron chi connectivity index (χ4n) is 3.48. The normalized spacial score (nSPS) is 19.7. The molecule has 26 heavy (non-hydrogen) atoms. The Morgan fingerprint density at radius 1 is 1.19 bits per heavy atom. The summed E-state index contributed by atoms with van der Waals surface area (Å²) in [4.78, 5) is 5.74. The number of anilines is 2. The average molecular weight is 368 g/mol. The average Bonchev–Trinajstić information content (AvgIpc) is 2.51. The summed E-state index contributed by atoms with van der Waals surface area (Å²) in [6.07, 6.45) is -0.501. The van der Waals surface area contributed by atoms with E-state index in [-0.39, 0.29) is 22.6 Å². The van der Waals surface area contributed by atoms with Crippen LogP contribution in [0.25, 0.3) is 0 Å². The number of hydrogen-bond donors (Lipinski definition) is 0. The van der Waals surface area contributed by atoms with E-state index in [0.29, 0.717) is 17.3 Å². The summed E-state index contributed by atoms with van der Waals surface area (Å²) in [5.41, 5.74) is -0.470. The zero-order valence-corrected chi connectivity index (χ0v) is 13.7. The van der Waals surface area contributed by atoms with E-state index in [2.05, 4.69) is 0 Å². The van der Waals surface area contributed by atoms with Gasteiger partial charge in [-0.1, -0.05) is 11.5 Å². The van der Waals surface area contributed by atoms with Crippen LogP contribution in [0.4, 0.5) is 29.1 Å². The molecule has 8 heteroatoms. The fraction of sp³-hybridized carbons (Fsp3) is 0.389. The molecule has 0 bridgehead atoms. The van der Waals surface area contributed by atoms with Crippen molar-refractivity contribution in [2.45, 2.75) is 31.4 Å². The van der Waals surface area contributed by atoms with E-state index in [4.69, 9.17) is 4.84 Å². The first kappa shape index (κ1) is 17.1. The SMILES string of the molecule is [O-][n+]1cccc2c1N(OCC1CCC1)c1ccc(F)cc1C2C(F)(F)F. The van der Waals surface area contributed by atoms with E-state index in [1.165, 1.54) is 18.2 Å². The lowest BCUT2D eigenvalue weighted by molar-refractivity contribution is -0.594. The molecule has 1 fully saturated rings. The first-order valence-corrected chi connectivity index (χ1v) is 8.37. The van der Waals surface area contributed by atoms with Gasteiger partial charge < -0.3 is 5.21 Å². The highest BCUT2D eigenvalue weighted by Crippen LogP contribution is 2.51. The number of aromatic nitrogens is 1. The number of hydrogen-bond acceptors (Lipinski definition) is 3. The van der Waals surface area contributed by atoms with E-state index in [9.17, 15) is 22.8 Å². The van der Waals surface area contributed by atoms with E-state index in [0.717, 1.165) is 42.7 Å². The minimum Gasteiger partial charge on any atom is -0.711 e. The van der Waals surface area contributed by atoms with Crippen LogP contribution < -0.4 is 9.79 Å². The monoisotopic (exact) mass is 368 g/mol. The largest absolute Gasteiger partial charge is 0.711 e. The second-order valence-electron chi connectivity index (χ2n) is 6.68. The summed E-state index contributed by atoms with van der Waals surface area (Å²) < 4.78 is 55.4. The molecule has 4 nitrogen and oxygen atoms in total. The van der Waals surface area contributed by atoms with E-state index in [1.54, 1.807) is 0 Å². The van der Waals surface area contributed by atoms with E-state index >= 15 is 0 Å². The van der Waals surface area contributed by atoms with E-state index in [1.807, 2.05) is 0 Å². The number of nitrogens with zero attached hydrogens (tertiary/aromatic N) is 2. The summed E-state index contributed by atoms with van der Waals surface area (Å²) in [7, 11) is 0. The predicted octanol–water partition coefficient (Wildman–Crippen LogP) is 4.34. The molecule has 0 radical (unpaired) electrons. The Morgan fingerprint density at radius 2 is 1.96 bits per heavy atom. The molecule has 0 spiro atoms. The minimum atomic E-state index is -4.67. The predicted molar refractivity (Wildman–Crippen MR) is 85.1 cm³/mol. The molecule has 2 aliphatic rings. The summed E-state index contributed by atoms with van der Waals surface area (Å²) in [5.74, 6) is -2.78. The van der Waals surface area contributed by atoms with Crippen LogP contribution in [0.1, 0.15) is 36.3 Å². The lowest BCUT2D eigenvalue weighted by Gasteiger charge is -2.33. The van der Waals surface area contributed by atoms with Crippen molar-refractivity contribution in [3.05, 3.63) is 58.7 Å². The van der Waals surface area contributed by atoms with Gasteiger partial charge in [-0.3, -0.25) is 0 Å². The first-order valence-electron chi connectivity index (χ1n) is 8.37. The molecule has 2 aromatic rings. The third-order valence-electron chi connectivity index (χ3n) is 4.98. The van der Waals surface area contributed by atoms with Gasteiger partial charge in [-0.05, 0) is 49.1 Å². The van der Waals surface area contributed by atoms with Crippen molar-refractivity contribution in [3.63, 3.8) is 0 Å². The summed E-state index contributed by atoms with van der Waals surface area (Å²) >= 11 is 0. The lowest BCUT2D eigenvalue weighted by Crippen LogP contribution is -2.43. The number of pyridine rings is 1. The molecule has 1 atom stereocenters. The molecule has 2 heterocycles. The number of benzene rings is 1. The van der Waals surface area contributed by atoms with Crippen LogP contribution in [0.15, 0.2) is 36.5 Å². The van der Waals surface area contributed by atoms with Gasteiger partial charge in [0.2, 0.25) is 0 Å². The first-order chi connectivity index (χ1) is 12.4. The van der Waals surface area contributed by atoms with Gasteiger partial charge in [-0.15, -0.1) is 0 Å². The van der Waals surface area contributed by atoms with Crippen molar-refractivity contribution < 1.29 is 27.1 Å². The van der Waals surface area contributed by atoms with Gasteiger partial charge in [-0.2, -0.15) is 18.0 Å². The van der Waals surface area contributed by atoms with Crippen molar-refractivity contribution in [3.8, 4) is 0 Å². The Morgan fingerprint density at radius 3 is 2.62 bits per heavy atom. The highest BCUT2D eigenvalue weighted by atomic mass is 19.4. The molecule has 1 aliphatic carbocycles. The van der Waals surface area contributed by atoms with Crippen LogP contribution in [0.3, 0.4) is 0 Å². The molecule has 4 rings (SSSR count). The molecule has 1 unspecified atom stereocenters. The van der Waals surface area contributed by atoms with Crippen LogP contribution in [-0.2, 0) is 4.84 Å². The lowest BCUT2D eigenvalue weighted by atomic mass is 9.86. The maximum atomic E-state index is 13.8. The van der Waals surface area contributed by atoms with Crippen LogP contribution in [0, 0.1) is 16.9 Å². The Labute approximate surface area is 147 Å². The second-order valence-corrected chi connectivity index (χ2v) is 6.68. The zero-order valence-electron chi connectivity index (χ0n) is 13.7. The molecule has 1 aliphatic heterocycles. The molecular formula is C18H16F4N2O2. The Balaban J connectivity index is 1.86. The quantitative estimate of drug-likeness (QED) is 0.460. The minimum absolute atomic E-state index is 0.0383. The summed E-state index contributed by atoms with van der Waals surface area (Å²) in [6, 6.07) is 5.63. The van der Waals surface area contributed by atoms with Gasteiger partial charge in [0.05, 0.1) is 18.4 Å². The maximum absolute atomic E-state index is 13.8. The fourth-order valence-corrected chi connectivity index (χ4v) is 3.48. The molecule has 0 saturated heterocycles. The smallest absolute Gasteiger partial charge is 0.400 e. The van der Waals surface area contributed by atoms with Crippen LogP contribution in [0.2, 0.25) is 0 Å². The molecule has 0 amide bonds. The molecule has 0 N–H and O–H groups in total. The number of alkyl halides is 3. The Hall–Kier alpha value is -2.35. The third kappa shape index (κ3) is 2.78. The molecule has 1 aromatic heterocycles. The molecule has 1 saturated carbocycles. The van der Waals surface area contributed by atoms with Crippen molar-refractivity contribution >= 4 is 11.5 Å². The van der Waals surface area contributed by atoms with Gasteiger partial charge in [0.15, 0.2) is 5.69 Å². The second kappa shape index (κ2) is 6.12. The highest BCUT2D eigenvalue weighted by molar-refractivity contribution is 5.70. The van der Waals surface area contributed by atoms with Crippen molar-refractivity contribution in [1.82, 2.24) is 0 Å². The van der Waals surface area contributed by atoms with Crippen LogP contribution >= 0.6 is 0 Å². The standard InChI is InChI=1S/C18H16F4N2O2/c19-12-6-7-15-14(9-12)16(18(20,21)22)13-5-2-8-23(25)17(13)24(15)26-10-11-3-1-4-11/h2,5-9,11,16H,1,3-4,10H2. The zero-order chi connectivity index (χ0) is 18.5.